The molecule has 0 atom stereocenters. The topological polar surface area (TPSA) is 9.23 Å². The number of rotatable bonds is 4. The third kappa shape index (κ3) is 2.16. The van der Waals surface area contributed by atoms with Crippen LogP contribution in [0.1, 0.15) is 24.0 Å². The summed E-state index contributed by atoms with van der Waals surface area (Å²) in [6.07, 6.45) is 4.53. The Balaban J connectivity index is 2.04. The van der Waals surface area contributed by atoms with E-state index in [1.165, 1.54) is 18.4 Å². The molecule has 1 aliphatic carbocycles. The molecule has 0 unspecified atom stereocenters. The second kappa shape index (κ2) is 3.87. The Morgan fingerprint density at radius 3 is 2.86 bits per heavy atom. The lowest BCUT2D eigenvalue weighted by Gasteiger charge is -2.08. The van der Waals surface area contributed by atoms with E-state index in [2.05, 4.69) is 19.6 Å². The lowest BCUT2D eigenvalue weighted by Crippen LogP contribution is -2.00. The second-order valence-electron chi connectivity index (χ2n) is 3.98. The van der Waals surface area contributed by atoms with Gasteiger partial charge in [-0.1, -0.05) is 18.7 Å². The molecular formula is C13H16O. The first-order valence-electron chi connectivity index (χ1n) is 5.15. The van der Waals surface area contributed by atoms with Crippen molar-refractivity contribution in [1.82, 2.24) is 0 Å². The van der Waals surface area contributed by atoms with Crippen molar-refractivity contribution >= 4 is 6.08 Å². The zero-order valence-corrected chi connectivity index (χ0v) is 8.62. The summed E-state index contributed by atoms with van der Waals surface area (Å²) >= 11 is 0. The molecule has 1 heteroatoms. The van der Waals surface area contributed by atoms with Gasteiger partial charge in [-0.3, -0.25) is 0 Å². The van der Waals surface area contributed by atoms with Gasteiger partial charge >= 0.3 is 0 Å². The van der Waals surface area contributed by atoms with Gasteiger partial charge < -0.3 is 4.74 Å². The lowest BCUT2D eigenvalue weighted by molar-refractivity contribution is 0.298. The van der Waals surface area contributed by atoms with Gasteiger partial charge in [0.05, 0.1) is 6.61 Å². The molecule has 14 heavy (non-hydrogen) atoms. The molecule has 0 saturated heterocycles. The average molecular weight is 188 g/mol. The molecule has 1 aromatic rings. The predicted octanol–water partition coefficient (Wildman–Crippen LogP) is 3.43. The van der Waals surface area contributed by atoms with E-state index in [1.54, 1.807) is 0 Å². The van der Waals surface area contributed by atoms with Gasteiger partial charge in [0.15, 0.2) is 0 Å². The van der Waals surface area contributed by atoms with E-state index < -0.39 is 0 Å². The summed E-state index contributed by atoms with van der Waals surface area (Å²) < 4.78 is 5.73. The summed E-state index contributed by atoms with van der Waals surface area (Å²) in [5.74, 6) is 1.83. The molecule has 0 amide bonds. The van der Waals surface area contributed by atoms with Crippen LogP contribution >= 0.6 is 0 Å². The zero-order chi connectivity index (χ0) is 9.97. The minimum Gasteiger partial charge on any atom is -0.493 e. The highest BCUT2D eigenvalue weighted by Crippen LogP contribution is 2.30. The molecule has 1 fully saturated rings. The Hall–Kier alpha value is -1.24. The maximum Gasteiger partial charge on any atom is 0.122 e. The first-order valence-corrected chi connectivity index (χ1v) is 5.15. The van der Waals surface area contributed by atoms with Gasteiger partial charge in [0.2, 0.25) is 0 Å². The molecule has 1 nitrogen and oxygen atoms in total. The summed E-state index contributed by atoms with van der Waals surface area (Å²) in [4.78, 5) is 0. The molecule has 0 bridgehead atoms. The Kier molecular flexibility index (Phi) is 2.58. The second-order valence-corrected chi connectivity index (χ2v) is 3.98. The molecule has 1 aromatic carbocycles. The molecule has 0 N–H and O–H groups in total. The summed E-state index contributed by atoms with van der Waals surface area (Å²) in [6, 6.07) is 6.19. The van der Waals surface area contributed by atoms with Crippen LogP contribution in [0.3, 0.4) is 0 Å². The molecule has 1 aliphatic rings. The summed E-state index contributed by atoms with van der Waals surface area (Å²) in [5, 5.41) is 0. The van der Waals surface area contributed by atoms with Gasteiger partial charge in [-0.25, -0.2) is 0 Å². The highest BCUT2D eigenvalue weighted by molar-refractivity contribution is 5.51. The van der Waals surface area contributed by atoms with Crippen LogP contribution in [-0.2, 0) is 0 Å². The normalized spacial score (nSPS) is 15.2. The average Bonchev–Trinajstić information content (AvgIpc) is 2.99. The molecular weight excluding hydrogens is 172 g/mol. The fourth-order valence-electron chi connectivity index (χ4n) is 1.45. The van der Waals surface area contributed by atoms with Gasteiger partial charge in [-0.2, -0.15) is 0 Å². The van der Waals surface area contributed by atoms with E-state index in [9.17, 15) is 0 Å². The van der Waals surface area contributed by atoms with E-state index in [4.69, 9.17) is 4.74 Å². The summed E-state index contributed by atoms with van der Waals surface area (Å²) in [5.41, 5.74) is 2.35. The molecule has 74 valence electrons. The fourth-order valence-corrected chi connectivity index (χ4v) is 1.45. The minimum atomic E-state index is 0.813. The van der Waals surface area contributed by atoms with Crippen molar-refractivity contribution < 1.29 is 4.74 Å². The number of ether oxygens (including phenoxy) is 1. The highest BCUT2D eigenvalue weighted by atomic mass is 16.5. The molecule has 1 saturated carbocycles. The molecule has 0 aromatic heterocycles. The van der Waals surface area contributed by atoms with Crippen LogP contribution in [0.15, 0.2) is 24.8 Å². The highest BCUT2D eigenvalue weighted by Gasteiger charge is 2.22. The van der Waals surface area contributed by atoms with Gasteiger partial charge in [0, 0.05) is 0 Å². The van der Waals surface area contributed by atoms with E-state index in [0.29, 0.717) is 0 Å². The van der Waals surface area contributed by atoms with Crippen molar-refractivity contribution in [3.8, 4) is 5.75 Å². The van der Waals surface area contributed by atoms with Crippen molar-refractivity contribution in [2.75, 3.05) is 6.61 Å². The van der Waals surface area contributed by atoms with Gasteiger partial charge in [0.1, 0.15) is 5.75 Å². The Bertz CT molecular complexity index is 337. The fraction of sp³-hybridized carbons (Fsp3) is 0.385. The molecule has 0 spiro atoms. The third-order valence-corrected chi connectivity index (χ3v) is 2.61. The quantitative estimate of drug-likeness (QED) is 0.703. The Morgan fingerprint density at radius 2 is 2.29 bits per heavy atom. The van der Waals surface area contributed by atoms with Crippen LogP contribution in [0.4, 0.5) is 0 Å². The van der Waals surface area contributed by atoms with E-state index >= 15 is 0 Å². The van der Waals surface area contributed by atoms with E-state index in [0.717, 1.165) is 23.8 Å². The summed E-state index contributed by atoms with van der Waals surface area (Å²) in [7, 11) is 0. The largest absolute Gasteiger partial charge is 0.493 e. The van der Waals surface area contributed by atoms with Crippen LogP contribution in [-0.4, -0.2) is 6.61 Å². The Morgan fingerprint density at radius 1 is 1.50 bits per heavy atom. The molecule has 2 rings (SSSR count). The predicted molar refractivity (Wildman–Crippen MR) is 59.5 cm³/mol. The first kappa shape index (κ1) is 9.32. The van der Waals surface area contributed by atoms with Crippen LogP contribution in [0, 0.1) is 12.8 Å². The Labute approximate surface area is 85.4 Å². The number of aryl methyl sites for hydroxylation is 1. The smallest absolute Gasteiger partial charge is 0.122 e. The monoisotopic (exact) mass is 188 g/mol. The number of benzene rings is 1. The first-order chi connectivity index (χ1) is 6.79. The van der Waals surface area contributed by atoms with E-state index in [-0.39, 0.29) is 0 Å². The van der Waals surface area contributed by atoms with Crippen molar-refractivity contribution in [2.45, 2.75) is 19.8 Å². The third-order valence-electron chi connectivity index (χ3n) is 2.61. The minimum absolute atomic E-state index is 0.813. The van der Waals surface area contributed by atoms with Crippen LogP contribution in [0.2, 0.25) is 0 Å². The molecule has 0 aliphatic heterocycles. The van der Waals surface area contributed by atoms with Crippen LogP contribution < -0.4 is 4.74 Å². The van der Waals surface area contributed by atoms with Crippen molar-refractivity contribution in [2.24, 2.45) is 5.92 Å². The maximum atomic E-state index is 5.73. The number of hydrogen-bond acceptors (Lipinski definition) is 1. The maximum absolute atomic E-state index is 5.73. The van der Waals surface area contributed by atoms with Gasteiger partial charge in [0.25, 0.3) is 0 Å². The van der Waals surface area contributed by atoms with E-state index in [1.807, 2.05) is 18.2 Å². The van der Waals surface area contributed by atoms with Crippen molar-refractivity contribution in [3.05, 3.63) is 35.9 Å². The van der Waals surface area contributed by atoms with Crippen molar-refractivity contribution in [1.29, 1.82) is 0 Å². The van der Waals surface area contributed by atoms with Crippen LogP contribution in [0.25, 0.3) is 6.08 Å². The zero-order valence-electron chi connectivity index (χ0n) is 8.62. The molecule has 0 heterocycles. The van der Waals surface area contributed by atoms with Crippen molar-refractivity contribution in [3.63, 3.8) is 0 Å². The summed E-state index contributed by atoms with van der Waals surface area (Å²) in [6.45, 7) is 6.71. The lowest BCUT2D eigenvalue weighted by atomic mass is 10.1. The number of hydrogen-bond donors (Lipinski definition) is 0. The van der Waals surface area contributed by atoms with Gasteiger partial charge in [-0.15, -0.1) is 0 Å². The standard InChI is InChI=1S/C13H16O/c1-3-11-6-7-13(10(2)8-11)14-9-12-4-5-12/h3,6-8,12H,1,4-5,9H2,2H3. The SMILES string of the molecule is C=Cc1ccc(OCC2CC2)c(C)c1. The van der Waals surface area contributed by atoms with Crippen LogP contribution in [0.5, 0.6) is 5.75 Å². The van der Waals surface area contributed by atoms with Gasteiger partial charge in [-0.05, 0) is 48.9 Å². The molecule has 0 radical (unpaired) electrons.